The van der Waals surface area contributed by atoms with Crippen molar-refractivity contribution in [2.75, 3.05) is 12.8 Å². The molecule has 156 valence electrons. The Hall–Kier alpha value is -3.44. The number of nitrogen functional groups attached to an aromatic ring is 1. The molecule has 4 rings (SSSR count). The lowest BCUT2D eigenvalue weighted by atomic mass is 9.89. The number of rotatable bonds is 7. The summed E-state index contributed by atoms with van der Waals surface area (Å²) >= 11 is 1.52. The fourth-order valence-corrected chi connectivity index (χ4v) is 4.38. The molecule has 3 N–H and O–H groups in total. The summed E-state index contributed by atoms with van der Waals surface area (Å²) in [6, 6.07) is 24.5. The third-order valence-electron chi connectivity index (χ3n) is 5.47. The molecule has 4 nitrogen and oxygen atoms in total. The number of thiazole rings is 1. The Kier molecular flexibility index (Phi) is 6.14. The minimum Gasteiger partial charge on any atom is -0.497 e. The second-order valence-electron chi connectivity index (χ2n) is 7.54. The maximum Gasteiger partial charge on any atom is 0.329 e. The van der Waals surface area contributed by atoms with Crippen LogP contribution in [0.15, 0.2) is 78.2 Å². The summed E-state index contributed by atoms with van der Waals surface area (Å²) in [5.74, 6) is 1.08. The number of nitrogens with two attached hydrogens (primary N) is 1. The van der Waals surface area contributed by atoms with Crippen molar-refractivity contribution in [2.45, 2.75) is 19.3 Å². The summed E-state index contributed by atoms with van der Waals surface area (Å²) in [4.78, 5) is 15.0. The minimum atomic E-state index is 0.0760. The first-order valence-corrected chi connectivity index (χ1v) is 11.0. The molecule has 0 aliphatic carbocycles. The third-order valence-corrected chi connectivity index (χ3v) is 6.20. The molecule has 0 saturated heterocycles. The van der Waals surface area contributed by atoms with Gasteiger partial charge < -0.3 is 4.74 Å². The third kappa shape index (κ3) is 4.84. The van der Waals surface area contributed by atoms with Crippen LogP contribution in [0, 0.1) is 0 Å². The summed E-state index contributed by atoms with van der Waals surface area (Å²) in [5.41, 5.74) is 12.4. The Morgan fingerprint density at radius 1 is 1.03 bits per heavy atom. The number of methoxy groups -OCH3 is 1. The predicted molar refractivity (Wildman–Crippen MR) is 126 cm³/mol. The van der Waals surface area contributed by atoms with E-state index in [1.54, 1.807) is 14.0 Å². The molecule has 0 radical (unpaired) electrons. The summed E-state index contributed by atoms with van der Waals surface area (Å²) < 4.78 is 5.31. The number of hydrogen-bond acceptors (Lipinski definition) is 4. The first-order chi connectivity index (χ1) is 15.0. The van der Waals surface area contributed by atoms with E-state index >= 15 is 0 Å². The van der Waals surface area contributed by atoms with Crippen molar-refractivity contribution in [1.82, 2.24) is 0 Å². The Bertz CT molecular complexity index is 1180. The first kappa shape index (κ1) is 20.8. The molecule has 4 aromatic rings. The average Bonchev–Trinajstić information content (AvgIpc) is 3.24. The Labute approximate surface area is 186 Å². The molecule has 0 fully saturated rings. The van der Waals surface area contributed by atoms with Gasteiger partial charge in [-0.25, -0.2) is 4.98 Å². The SMILES string of the molecule is COc1ccc([C@H](Cc2ccc(-c3cccc(C(C)=O)c3)cc2)c2csc(N)[nH+]2)cc1. The number of carbonyl (C=O) groups is 1. The number of carbonyl (C=O) groups excluding carboxylic acids is 1. The van der Waals surface area contributed by atoms with E-state index in [1.807, 2.05) is 36.4 Å². The average molecular weight is 430 g/mol. The Balaban J connectivity index is 1.61. The Morgan fingerprint density at radius 2 is 1.77 bits per heavy atom. The van der Waals surface area contributed by atoms with E-state index in [-0.39, 0.29) is 11.7 Å². The number of anilines is 1. The van der Waals surface area contributed by atoms with E-state index in [4.69, 9.17) is 10.5 Å². The minimum absolute atomic E-state index is 0.0760. The molecule has 1 heterocycles. The zero-order chi connectivity index (χ0) is 21.8. The molecule has 0 spiro atoms. The lowest BCUT2D eigenvalue weighted by Crippen LogP contribution is -2.17. The van der Waals surface area contributed by atoms with Crippen LogP contribution in [-0.4, -0.2) is 12.9 Å². The quantitative estimate of drug-likeness (QED) is 0.400. The van der Waals surface area contributed by atoms with Gasteiger partial charge in [-0.2, -0.15) is 0 Å². The van der Waals surface area contributed by atoms with Crippen LogP contribution >= 0.6 is 11.3 Å². The summed E-state index contributed by atoms with van der Waals surface area (Å²) in [6.45, 7) is 1.59. The molecular formula is C26H25N2O2S+. The van der Waals surface area contributed by atoms with Gasteiger partial charge in [0, 0.05) is 10.9 Å². The highest BCUT2D eigenvalue weighted by atomic mass is 32.1. The van der Waals surface area contributed by atoms with Crippen LogP contribution in [0.3, 0.4) is 0 Å². The molecular weight excluding hydrogens is 404 g/mol. The van der Waals surface area contributed by atoms with Crippen molar-refractivity contribution in [1.29, 1.82) is 0 Å². The number of benzene rings is 3. The number of aromatic nitrogens is 1. The van der Waals surface area contributed by atoms with Crippen LogP contribution in [0.1, 0.15) is 40.0 Å². The topological polar surface area (TPSA) is 66.5 Å². The van der Waals surface area contributed by atoms with Gasteiger partial charge in [0.1, 0.15) is 11.4 Å². The normalized spacial score (nSPS) is 11.8. The number of ether oxygens (including phenoxy) is 1. The van der Waals surface area contributed by atoms with E-state index < -0.39 is 0 Å². The fraction of sp³-hybridized carbons (Fsp3) is 0.154. The molecule has 0 saturated carbocycles. The molecule has 3 aromatic carbocycles. The number of aromatic amines is 1. The van der Waals surface area contributed by atoms with Crippen LogP contribution in [0.5, 0.6) is 5.75 Å². The number of nitrogens with one attached hydrogen (secondary N) is 1. The number of hydrogen-bond donors (Lipinski definition) is 1. The molecule has 1 atom stereocenters. The highest BCUT2D eigenvalue weighted by molar-refractivity contribution is 7.13. The summed E-state index contributed by atoms with van der Waals surface area (Å²) in [6.07, 6.45) is 0.840. The molecule has 31 heavy (non-hydrogen) atoms. The molecule has 0 aliphatic heterocycles. The van der Waals surface area contributed by atoms with Gasteiger partial charge in [-0.15, -0.1) is 0 Å². The van der Waals surface area contributed by atoms with Crippen molar-refractivity contribution in [2.24, 2.45) is 0 Å². The van der Waals surface area contributed by atoms with Crippen LogP contribution in [0.4, 0.5) is 5.13 Å². The monoisotopic (exact) mass is 429 g/mol. The zero-order valence-corrected chi connectivity index (χ0v) is 18.4. The Morgan fingerprint density at radius 3 is 2.39 bits per heavy atom. The lowest BCUT2D eigenvalue weighted by Gasteiger charge is -2.15. The molecule has 1 aromatic heterocycles. The first-order valence-electron chi connectivity index (χ1n) is 10.1. The highest BCUT2D eigenvalue weighted by Gasteiger charge is 2.20. The van der Waals surface area contributed by atoms with Crippen LogP contribution in [0.25, 0.3) is 11.1 Å². The van der Waals surface area contributed by atoms with Gasteiger partial charge in [-0.05, 0) is 53.8 Å². The van der Waals surface area contributed by atoms with E-state index in [9.17, 15) is 4.79 Å². The highest BCUT2D eigenvalue weighted by Crippen LogP contribution is 2.30. The molecule has 0 aliphatic rings. The van der Waals surface area contributed by atoms with Crippen molar-refractivity contribution in [3.05, 3.63) is 101 Å². The fourth-order valence-electron chi connectivity index (χ4n) is 3.73. The van der Waals surface area contributed by atoms with Gasteiger partial charge >= 0.3 is 5.13 Å². The summed E-state index contributed by atoms with van der Waals surface area (Å²) in [7, 11) is 1.67. The van der Waals surface area contributed by atoms with E-state index in [2.05, 4.69) is 46.8 Å². The number of Topliss-reactive ketones (excluding diaryl/α,β-unsaturated/α-hetero) is 1. The molecule has 0 unspecified atom stereocenters. The molecule has 0 bridgehead atoms. The van der Waals surface area contributed by atoms with Crippen LogP contribution in [-0.2, 0) is 6.42 Å². The van der Waals surface area contributed by atoms with E-state index in [0.29, 0.717) is 5.13 Å². The van der Waals surface area contributed by atoms with Gasteiger partial charge in [0.15, 0.2) is 5.78 Å². The van der Waals surface area contributed by atoms with Crippen molar-refractivity contribution < 1.29 is 14.5 Å². The largest absolute Gasteiger partial charge is 0.497 e. The van der Waals surface area contributed by atoms with Crippen LogP contribution < -0.4 is 15.5 Å². The van der Waals surface area contributed by atoms with Crippen LogP contribution in [0.2, 0.25) is 0 Å². The van der Waals surface area contributed by atoms with Crippen molar-refractivity contribution in [3.8, 4) is 16.9 Å². The van der Waals surface area contributed by atoms with Gasteiger partial charge in [0.2, 0.25) is 0 Å². The van der Waals surface area contributed by atoms with Gasteiger partial charge in [-0.1, -0.05) is 65.9 Å². The van der Waals surface area contributed by atoms with Gasteiger partial charge in [0.05, 0.1) is 13.0 Å². The zero-order valence-electron chi connectivity index (χ0n) is 17.6. The second-order valence-corrected chi connectivity index (χ2v) is 8.46. The maximum atomic E-state index is 11.7. The number of ketones is 1. The van der Waals surface area contributed by atoms with Gasteiger partial charge in [-0.3, -0.25) is 10.5 Å². The number of H-pyrrole nitrogens is 1. The standard InChI is InChI=1S/C26H24N2O2S/c1-17(29)21-4-3-5-22(15-21)19-8-6-18(7-9-19)14-24(25-16-31-26(27)28-25)20-10-12-23(30-2)13-11-20/h3-13,15-16,24H,14H2,1-2H3,(H2,27,28)/p+1/t24-/m0/s1. The lowest BCUT2D eigenvalue weighted by molar-refractivity contribution is -0.368. The van der Waals surface area contributed by atoms with E-state index in [1.165, 1.54) is 22.5 Å². The maximum absolute atomic E-state index is 11.7. The van der Waals surface area contributed by atoms with E-state index in [0.717, 1.165) is 34.6 Å². The summed E-state index contributed by atoms with van der Waals surface area (Å²) in [5, 5.41) is 2.79. The molecule has 5 heteroatoms. The molecule has 0 amide bonds. The predicted octanol–water partition coefficient (Wildman–Crippen LogP) is 5.40. The van der Waals surface area contributed by atoms with Crippen molar-refractivity contribution >= 4 is 22.3 Å². The second kappa shape index (κ2) is 9.14. The van der Waals surface area contributed by atoms with Gasteiger partial charge in [0.25, 0.3) is 0 Å². The smallest absolute Gasteiger partial charge is 0.329 e. The van der Waals surface area contributed by atoms with Crippen molar-refractivity contribution in [3.63, 3.8) is 0 Å².